The van der Waals surface area contributed by atoms with Gasteiger partial charge >= 0.3 is 0 Å². The molecule has 0 atom stereocenters. The molecule has 0 aliphatic heterocycles. The van der Waals surface area contributed by atoms with Crippen molar-refractivity contribution in [3.05, 3.63) is 48.5 Å². The molecule has 2 aromatic carbocycles. The van der Waals surface area contributed by atoms with Gasteiger partial charge in [0, 0.05) is 5.69 Å². The Hall–Kier alpha value is -2.21. The van der Waals surface area contributed by atoms with Gasteiger partial charge in [-0.25, -0.2) is 8.42 Å². The number of nitrogen functional groups attached to an aromatic ring is 1. The number of para-hydroxylation sites is 2. The summed E-state index contributed by atoms with van der Waals surface area (Å²) < 4.78 is 34.9. The first-order valence-electron chi connectivity index (χ1n) is 6.37. The highest BCUT2D eigenvalue weighted by atomic mass is 32.2. The molecule has 2 rings (SSSR count). The fourth-order valence-electron chi connectivity index (χ4n) is 1.79. The molecule has 0 aromatic heterocycles. The maximum Gasteiger partial charge on any atom is 0.181 e. The van der Waals surface area contributed by atoms with E-state index in [2.05, 4.69) is 0 Å². The molecular weight excluding hydrogens is 290 g/mol. The summed E-state index contributed by atoms with van der Waals surface area (Å²) in [7, 11) is -1.85. The van der Waals surface area contributed by atoms with Gasteiger partial charge in [0.15, 0.2) is 21.3 Å². The van der Waals surface area contributed by atoms with E-state index in [1.807, 2.05) is 6.07 Å². The summed E-state index contributed by atoms with van der Waals surface area (Å²) in [6.07, 6.45) is 0. The molecule has 0 aliphatic rings. The second kappa shape index (κ2) is 6.49. The van der Waals surface area contributed by atoms with Crippen molar-refractivity contribution in [2.45, 2.75) is 4.90 Å². The summed E-state index contributed by atoms with van der Waals surface area (Å²) in [6, 6.07) is 13.2. The second-order valence-corrected chi connectivity index (χ2v) is 6.50. The van der Waals surface area contributed by atoms with Crippen molar-refractivity contribution in [2.75, 3.05) is 25.2 Å². The van der Waals surface area contributed by atoms with Gasteiger partial charge in [0.25, 0.3) is 0 Å². The molecule has 2 aromatic rings. The first-order chi connectivity index (χ1) is 10.0. The molecule has 0 unspecified atom stereocenters. The molecule has 0 amide bonds. The van der Waals surface area contributed by atoms with Crippen LogP contribution >= 0.6 is 0 Å². The van der Waals surface area contributed by atoms with E-state index in [0.29, 0.717) is 17.2 Å². The van der Waals surface area contributed by atoms with Crippen LogP contribution in [0.4, 0.5) is 5.69 Å². The predicted octanol–water partition coefficient (Wildman–Crippen LogP) is 2.13. The predicted molar refractivity (Wildman–Crippen MR) is 81.4 cm³/mol. The first-order valence-corrected chi connectivity index (χ1v) is 8.02. The lowest BCUT2D eigenvalue weighted by atomic mass is 10.3. The molecule has 0 heterocycles. The van der Waals surface area contributed by atoms with Gasteiger partial charge in [-0.2, -0.15) is 0 Å². The number of benzene rings is 2. The van der Waals surface area contributed by atoms with E-state index < -0.39 is 9.84 Å². The van der Waals surface area contributed by atoms with Crippen LogP contribution in [0.5, 0.6) is 11.5 Å². The smallest absolute Gasteiger partial charge is 0.181 e. The molecule has 0 bridgehead atoms. The zero-order valence-electron chi connectivity index (χ0n) is 11.7. The van der Waals surface area contributed by atoms with Gasteiger partial charge in [-0.15, -0.1) is 0 Å². The zero-order chi connectivity index (χ0) is 15.3. The number of sulfone groups is 1. The van der Waals surface area contributed by atoms with Crippen LogP contribution in [0.2, 0.25) is 0 Å². The van der Waals surface area contributed by atoms with Crippen molar-refractivity contribution >= 4 is 15.5 Å². The van der Waals surface area contributed by atoms with E-state index in [1.165, 1.54) is 19.2 Å². The third-order valence-electron chi connectivity index (χ3n) is 2.92. The standard InChI is InChI=1S/C15H17NO4S/c1-19-14-4-2-3-5-15(14)20-10-11-21(17,18)13-8-6-12(16)7-9-13/h2-9H,10-11,16H2,1H3. The van der Waals surface area contributed by atoms with Crippen LogP contribution in [0.25, 0.3) is 0 Å². The lowest BCUT2D eigenvalue weighted by molar-refractivity contribution is 0.311. The Balaban J connectivity index is 2.01. The highest BCUT2D eigenvalue weighted by Gasteiger charge is 2.14. The van der Waals surface area contributed by atoms with Crippen LogP contribution in [0.3, 0.4) is 0 Å². The molecule has 6 heteroatoms. The van der Waals surface area contributed by atoms with E-state index >= 15 is 0 Å². The number of methoxy groups -OCH3 is 1. The fraction of sp³-hybridized carbons (Fsp3) is 0.200. The molecule has 0 fully saturated rings. The number of nitrogens with two attached hydrogens (primary N) is 1. The summed E-state index contributed by atoms with van der Waals surface area (Å²) in [5.74, 6) is 0.976. The third-order valence-corrected chi connectivity index (χ3v) is 4.61. The molecule has 21 heavy (non-hydrogen) atoms. The highest BCUT2D eigenvalue weighted by Crippen LogP contribution is 2.25. The molecule has 112 valence electrons. The van der Waals surface area contributed by atoms with E-state index in [0.717, 1.165) is 0 Å². The number of hydrogen-bond acceptors (Lipinski definition) is 5. The molecule has 0 spiro atoms. The van der Waals surface area contributed by atoms with Gasteiger partial charge in [-0.1, -0.05) is 12.1 Å². The molecule has 2 N–H and O–H groups in total. The van der Waals surface area contributed by atoms with Gasteiger partial charge in [-0.3, -0.25) is 0 Å². The minimum absolute atomic E-state index is 0.0487. The number of ether oxygens (including phenoxy) is 2. The van der Waals surface area contributed by atoms with Crippen molar-refractivity contribution < 1.29 is 17.9 Å². The van der Waals surface area contributed by atoms with Gasteiger partial charge in [0.2, 0.25) is 0 Å². The average molecular weight is 307 g/mol. The third kappa shape index (κ3) is 3.88. The normalized spacial score (nSPS) is 11.1. The van der Waals surface area contributed by atoms with Gasteiger partial charge in [0.05, 0.1) is 17.8 Å². The summed E-state index contributed by atoms with van der Waals surface area (Å²) >= 11 is 0. The fourth-order valence-corrected chi connectivity index (χ4v) is 2.88. The molecular formula is C15H17NO4S. The van der Waals surface area contributed by atoms with Gasteiger partial charge in [-0.05, 0) is 36.4 Å². The quantitative estimate of drug-likeness (QED) is 0.827. The minimum Gasteiger partial charge on any atom is -0.493 e. The van der Waals surface area contributed by atoms with E-state index in [9.17, 15) is 8.42 Å². The van der Waals surface area contributed by atoms with Crippen molar-refractivity contribution in [1.29, 1.82) is 0 Å². The van der Waals surface area contributed by atoms with Crippen LogP contribution in [0.1, 0.15) is 0 Å². The SMILES string of the molecule is COc1ccccc1OCCS(=O)(=O)c1ccc(N)cc1. The van der Waals surface area contributed by atoms with Crippen molar-refractivity contribution in [3.8, 4) is 11.5 Å². The van der Waals surface area contributed by atoms with Gasteiger partial charge < -0.3 is 15.2 Å². The Bertz CT molecular complexity index is 696. The van der Waals surface area contributed by atoms with Crippen molar-refractivity contribution in [2.24, 2.45) is 0 Å². The largest absolute Gasteiger partial charge is 0.493 e. The number of anilines is 1. The van der Waals surface area contributed by atoms with E-state index in [-0.39, 0.29) is 17.3 Å². The van der Waals surface area contributed by atoms with Crippen molar-refractivity contribution in [1.82, 2.24) is 0 Å². The maximum atomic E-state index is 12.1. The van der Waals surface area contributed by atoms with Crippen LogP contribution in [-0.4, -0.2) is 27.9 Å². The zero-order valence-corrected chi connectivity index (χ0v) is 12.5. The Kier molecular flexibility index (Phi) is 4.70. The number of hydrogen-bond donors (Lipinski definition) is 1. The molecule has 0 saturated heterocycles. The monoisotopic (exact) mass is 307 g/mol. The van der Waals surface area contributed by atoms with E-state index in [4.69, 9.17) is 15.2 Å². The Morgan fingerprint density at radius 3 is 2.24 bits per heavy atom. The van der Waals surface area contributed by atoms with Gasteiger partial charge in [0.1, 0.15) is 6.61 Å². The van der Waals surface area contributed by atoms with Crippen LogP contribution in [-0.2, 0) is 9.84 Å². The average Bonchev–Trinajstić information content (AvgIpc) is 2.48. The van der Waals surface area contributed by atoms with Crippen LogP contribution in [0, 0.1) is 0 Å². The Morgan fingerprint density at radius 1 is 1.00 bits per heavy atom. The summed E-state index contributed by atoms with van der Waals surface area (Å²) in [4.78, 5) is 0.236. The van der Waals surface area contributed by atoms with Crippen LogP contribution in [0.15, 0.2) is 53.4 Å². The summed E-state index contributed by atoms with van der Waals surface area (Å²) in [5, 5.41) is 0. The second-order valence-electron chi connectivity index (χ2n) is 4.39. The van der Waals surface area contributed by atoms with Crippen LogP contribution < -0.4 is 15.2 Å². The lowest BCUT2D eigenvalue weighted by Gasteiger charge is -2.10. The minimum atomic E-state index is -3.39. The molecule has 0 radical (unpaired) electrons. The number of rotatable bonds is 6. The summed E-state index contributed by atoms with van der Waals surface area (Å²) in [5.41, 5.74) is 6.07. The molecule has 0 aliphatic carbocycles. The Morgan fingerprint density at radius 2 is 1.62 bits per heavy atom. The topological polar surface area (TPSA) is 78.6 Å². The van der Waals surface area contributed by atoms with E-state index in [1.54, 1.807) is 30.3 Å². The lowest BCUT2D eigenvalue weighted by Crippen LogP contribution is -2.14. The first kappa shape index (κ1) is 15.2. The molecule has 0 saturated carbocycles. The van der Waals surface area contributed by atoms with Crippen molar-refractivity contribution in [3.63, 3.8) is 0 Å². The maximum absolute atomic E-state index is 12.1. The molecule has 5 nitrogen and oxygen atoms in total. The highest BCUT2D eigenvalue weighted by molar-refractivity contribution is 7.91. The Labute approximate surface area is 124 Å². The summed E-state index contributed by atoms with van der Waals surface area (Å²) in [6.45, 7) is 0.0487.